The van der Waals surface area contributed by atoms with Crippen molar-refractivity contribution in [3.63, 3.8) is 0 Å². The lowest BCUT2D eigenvalue weighted by atomic mass is 9.45. The fraction of sp³-hybridized carbons (Fsp3) is 0.870. The zero-order chi connectivity index (χ0) is 18.5. The van der Waals surface area contributed by atoms with Crippen LogP contribution in [0.5, 0.6) is 0 Å². The Labute approximate surface area is 157 Å². The van der Waals surface area contributed by atoms with Gasteiger partial charge in [-0.1, -0.05) is 30.9 Å². The molecule has 4 aliphatic carbocycles. The van der Waals surface area contributed by atoms with Crippen molar-refractivity contribution < 1.29 is 14.3 Å². The molecule has 0 aromatic heterocycles. The number of ketones is 1. The third-order valence-corrected chi connectivity index (χ3v) is 8.91. The van der Waals surface area contributed by atoms with Gasteiger partial charge in [-0.15, -0.1) is 0 Å². The van der Waals surface area contributed by atoms with Crippen LogP contribution in [0, 0.1) is 28.6 Å². The maximum atomic E-state index is 12.9. The van der Waals surface area contributed by atoms with Crippen molar-refractivity contribution in [2.75, 3.05) is 0 Å². The Hall–Kier alpha value is -0.670. The molecule has 0 aromatic rings. The molecule has 144 valence electrons. The standard InChI is InChI=1S/C23H34O3/c1-13-12-16(24)23(5)11-9-14-17(18(13)23)20-19(25-21(2,3)26-20)15-8-6-7-10-22(14,15)4/h14-15,17,19-20H,6-12H2,1-5H3/t14?,15?,17?,19-,20-,22-,23-/m1/s1. The van der Waals surface area contributed by atoms with Crippen molar-refractivity contribution in [1.29, 1.82) is 0 Å². The number of fused-ring (bicyclic) bond motifs is 8. The summed E-state index contributed by atoms with van der Waals surface area (Å²) in [6.07, 6.45) is 8.41. The van der Waals surface area contributed by atoms with Crippen molar-refractivity contribution in [1.82, 2.24) is 0 Å². The first-order chi connectivity index (χ1) is 12.2. The molecule has 0 aromatic carbocycles. The molecule has 5 rings (SSSR count). The molecule has 26 heavy (non-hydrogen) atoms. The summed E-state index contributed by atoms with van der Waals surface area (Å²) in [6, 6.07) is 0. The lowest BCUT2D eigenvalue weighted by Crippen LogP contribution is -2.60. The zero-order valence-electron chi connectivity index (χ0n) is 17.1. The fourth-order valence-electron chi connectivity index (χ4n) is 7.83. The quantitative estimate of drug-likeness (QED) is 0.569. The number of carbonyl (C=O) groups excluding carboxylic acids is 1. The second-order valence-electron chi connectivity index (χ2n) is 10.7. The van der Waals surface area contributed by atoms with Gasteiger partial charge < -0.3 is 9.47 Å². The van der Waals surface area contributed by atoms with Crippen molar-refractivity contribution >= 4 is 5.78 Å². The van der Waals surface area contributed by atoms with E-state index in [9.17, 15) is 4.79 Å². The van der Waals surface area contributed by atoms with Gasteiger partial charge in [0.1, 0.15) is 5.78 Å². The van der Waals surface area contributed by atoms with Crippen LogP contribution in [0.2, 0.25) is 0 Å². The Morgan fingerprint density at radius 1 is 0.923 bits per heavy atom. The van der Waals surface area contributed by atoms with E-state index in [0.717, 1.165) is 6.42 Å². The number of carbonyl (C=O) groups is 1. The van der Waals surface area contributed by atoms with Crippen LogP contribution in [0.4, 0.5) is 0 Å². The predicted molar refractivity (Wildman–Crippen MR) is 101 cm³/mol. The molecule has 7 atom stereocenters. The molecule has 3 unspecified atom stereocenters. The molecule has 3 nitrogen and oxygen atoms in total. The molecule has 0 radical (unpaired) electrons. The van der Waals surface area contributed by atoms with E-state index in [-0.39, 0.29) is 17.6 Å². The minimum Gasteiger partial charge on any atom is -0.344 e. The summed E-state index contributed by atoms with van der Waals surface area (Å²) in [5.41, 5.74) is 2.86. The highest BCUT2D eigenvalue weighted by Crippen LogP contribution is 2.67. The normalized spacial score (nSPS) is 52.3. The molecule has 5 aliphatic rings. The van der Waals surface area contributed by atoms with Gasteiger partial charge in [0.25, 0.3) is 0 Å². The van der Waals surface area contributed by atoms with Crippen LogP contribution in [0.15, 0.2) is 11.1 Å². The maximum Gasteiger partial charge on any atom is 0.163 e. The molecule has 1 saturated heterocycles. The largest absolute Gasteiger partial charge is 0.344 e. The summed E-state index contributed by atoms with van der Waals surface area (Å²) >= 11 is 0. The first-order valence-electron chi connectivity index (χ1n) is 10.8. The average molecular weight is 359 g/mol. The summed E-state index contributed by atoms with van der Waals surface area (Å²) in [4.78, 5) is 12.9. The molecule has 0 N–H and O–H groups in total. The zero-order valence-corrected chi connectivity index (χ0v) is 17.1. The molecule has 1 aliphatic heterocycles. The van der Waals surface area contributed by atoms with E-state index in [4.69, 9.17) is 9.47 Å². The van der Waals surface area contributed by atoms with Crippen LogP contribution >= 0.6 is 0 Å². The molecule has 4 fully saturated rings. The Morgan fingerprint density at radius 3 is 2.42 bits per heavy atom. The van der Waals surface area contributed by atoms with Gasteiger partial charge in [0, 0.05) is 17.8 Å². The Kier molecular flexibility index (Phi) is 3.50. The van der Waals surface area contributed by atoms with Crippen molar-refractivity contribution in [2.45, 2.75) is 97.6 Å². The fourth-order valence-corrected chi connectivity index (χ4v) is 7.83. The van der Waals surface area contributed by atoms with E-state index in [1.54, 1.807) is 0 Å². The van der Waals surface area contributed by atoms with Crippen molar-refractivity contribution in [2.24, 2.45) is 28.6 Å². The minimum absolute atomic E-state index is 0.127. The first-order valence-corrected chi connectivity index (χ1v) is 10.8. The van der Waals surface area contributed by atoms with Gasteiger partial charge in [-0.05, 0) is 70.6 Å². The molecular formula is C23H34O3. The molecule has 0 spiro atoms. The van der Waals surface area contributed by atoms with E-state index in [1.165, 1.54) is 43.3 Å². The summed E-state index contributed by atoms with van der Waals surface area (Å²) in [5, 5.41) is 0. The maximum absolute atomic E-state index is 12.9. The van der Waals surface area contributed by atoms with Crippen LogP contribution in [0.1, 0.15) is 79.6 Å². The highest BCUT2D eigenvalue weighted by Gasteiger charge is 2.66. The van der Waals surface area contributed by atoms with E-state index < -0.39 is 5.79 Å². The monoisotopic (exact) mass is 358 g/mol. The third kappa shape index (κ3) is 2.05. The minimum atomic E-state index is -0.506. The SMILES string of the molecule is CC1=C2C3C(CC[C@]2(C)C(=O)C1)[C@@]1(C)CCCCC1[C@H]1OC(C)(C)O[C@H]31. The van der Waals surface area contributed by atoms with Gasteiger partial charge >= 0.3 is 0 Å². The van der Waals surface area contributed by atoms with Crippen molar-refractivity contribution in [3.05, 3.63) is 11.1 Å². The van der Waals surface area contributed by atoms with E-state index in [1.807, 2.05) is 0 Å². The van der Waals surface area contributed by atoms with E-state index >= 15 is 0 Å². The summed E-state index contributed by atoms with van der Waals surface area (Å²) in [5.74, 6) is 1.54. The van der Waals surface area contributed by atoms with Gasteiger partial charge in [-0.3, -0.25) is 4.79 Å². The molecule has 3 heteroatoms. The van der Waals surface area contributed by atoms with Gasteiger partial charge in [0.05, 0.1) is 12.2 Å². The van der Waals surface area contributed by atoms with E-state index in [0.29, 0.717) is 35.4 Å². The van der Waals surface area contributed by atoms with Crippen molar-refractivity contribution in [3.8, 4) is 0 Å². The molecule has 1 heterocycles. The highest BCUT2D eigenvalue weighted by atomic mass is 16.8. The summed E-state index contributed by atoms with van der Waals surface area (Å²) in [7, 11) is 0. The second kappa shape index (κ2) is 5.23. The molecular weight excluding hydrogens is 324 g/mol. The van der Waals surface area contributed by atoms with Crippen LogP contribution < -0.4 is 0 Å². The molecule has 0 amide bonds. The van der Waals surface area contributed by atoms with E-state index in [2.05, 4.69) is 34.6 Å². The Bertz CT molecular complexity index is 692. The van der Waals surface area contributed by atoms with Gasteiger partial charge in [-0.2, -0.15) is 0 Å². The van der Waals surface area contributed by atoms with Gasteiger partial charge in [0.2, 0.25) is 0 Å². The Morgan fingerprint density at radius 2 is 1.65 bits per heavy atom. The number of Topliss-reactive ketones (excluding diaryl/α,β-unsaturated/α-hetero) is 1. The third-order valence-electron chi connectivity index (χ3n) is 8.91. The first kappa shape index (κ1) is 17.4. The number of ether oxygens (including phenoxy) is 2. The molecule has 0 bridgehead atoms. The number of hydrogen-bond donors (Lipinski definition) is 0. The smallest absolute Gasteiger partial charge is 0.163 e. The van der Waals surface area contributed by atoms with Crippen LogP contribution in [0.25, 0.3) is 0 Å². The lowest BCUT2D eigenvalue weighted by molar-refractivity contribution is -0.154. The summed E-state index contributed by atoms with van der Waals surface area (Å²) in [6.45, 7) is 11.1. The number of rotatable bonds is 0. The number of hydrogen-bond acceptors (Lipinski definition) is 3. The Balaban J connectivity index is 1.66. The topological polar surface area (TPSA) is 35.5 Å². The average Bonchev–Trinajstić information content (AvgIpc) is 3.00. The van der Waals surface area contributed by atoms with Crippen LogP contribution in [-0.2, 0) is 14.3 Å². The number of allylic oxidation sites excluding steroid dienone is 1. The highest BCUT2D eigenvalue weighted by molar-refractivity contribution is 5.93. The van der Waals surface area contributed by atoms with Crippen LogP contribution in [0.3, 0.4) is 0 Å². The summed E-state index contributed by atoms with van der Waals surface area (Å²) < 4.78 is 13.1. The van der Waals surface area contributed by atoms with Gasteiger partial charge in [0.15, 0.2) is 5.79 Å². The molecule has 3 saturated carbocycles. The van der Waals surface area contributed by atoms with Crippen LogP contribution in [-0.4, -0.2) is 23.8 Å². The second-order valence-corrected chi connectivity index (χ2v) is 10.7. The lowest BCUT2D eigenvalue weighted by Gasteiger charge is -2.61. The predicted octanol–water partition coefficient (Wildman–Crippen LogP) is 5.04. The van der Waals surface area contributed by atoms with Gasteiger partial charge in [-0.25, -0.2) is 0 Å².